The second kappa shape index (κ2) is 6.93. The van der Waals surface area contributed by atoms with E-state index in [4.69, 9.17) is 4.74 Å². The largest absolute Gasteiger partial charge is 0.387 e. The lowest BCUT2D eigenvalue weighted by molar-refractivity contribution is -0.178. The summed E-state index contributed by atoms with van der Waals surface area (Å²) in [7, 11) is 1.62. The monoisotopic (exact) mass is 383 g/mol. The summed E-state index contributed by atoms with van der Waals surface area (Å²) in [5.41, 5.74) is 0.761. The smallest absolute Gasteiger partial charge is 0.117 e. The van der Waals surface area contributed by atoms with Crippen molar-refractivity contribution in [1.29, 1.82) is 0 Å². The highest BCUT2D eigenvalue weighted by atomic mass is 19.1. The number of methoxy groups -OCH3 is 1. The van der Waals surface area contributed by atoms with E-state index in [2.05, 4.69) is 19.3 Å². The third kappa shape index (κ3) is 2.99. The lowest BCUT2D eigenvalue weighted by Crippen LogP contribution is -2.60. The van der Waals surface area contributed by atoms with E-state index in [1.807, 2.05) is 0 Å². The van der Waals surface area contributed by atoms with Gasteiger partial charge in [-0.25, -0.2) is 9.87 Å². The van der Waals surface area contributed by atoms with Gasteiger partial charge in [0.2, 0.25) is 0 Å². The fourth-order valence-corrected chi connectivity index (χ4v) is 8.22. The first kappa shape index (κ1) is 20.1. The Balaban J connectivity index is 1.54. The Morgan fingerprint density at radius 2 is 1.89 bits per heavy atom. The van der Waals surface area contributed by atoms with Crippen molar-refractivity contribution in [2.24, 2.45) is 35.0 Å². The lowest BCUT2D eigenvalue weighted by atomic mass is 9.47. The minimum atomic E-state index is -1.11. The van der Waals surface area contributed by atoms with E-state index < -0.39 is 11.3 Å². The van der Waals surface area contributed by atoms with Crippen LogP contribution in [0.4, 0.5) is 4.39 Å². The fraction of sp³-hybridized carbons (Fsp3) is 1.00. The molecule has 4 fully saturated rings. The van der Waals surface area contributed by atoms with Gasteiger partial charge in [0.05, 0.1) is 12.2 Å². The highest BCUT2D eigenvalue weighted by molar-refractivity contribution is 5.13. The number of rotatable bonds is 4. The van der Waals surface area contributed by atoms with E-state index in [0.29, 0.717) is 43.6 Å². The van der Waals surface area contributed by atoms with Crippen molar-refractivity contribution in [2.75, 3.05) is 13.7 Å². The van der Waals surface area contributed by atoms with Crippen LogP contribution < -0.4 is 5.48 Å². The van der Waals surface area contributed by atoms with Crippen LogP contribution in [0.2, 0.25) is 0 Å². The summed E-state index contributed by atoms with van der Waals surface area (Å²) in [5, 5.41) is 20.3. The third-order valence-corrected chi connectivity index (χ3v) is 9.47. The molecule has 156 valence electrons. The molecule has 0 radical (unpaired) electrons. The SMILES string of the molecule is COC[C@@]1(O)CC[C@]2(F)C3CC[C@@]4(C)C(CCC4[C@@H](C)NO)[C@@H]3CC[C@@H]2C1. The van der Waals surface area contributed by atoms with Gasteiger partial charge in [0.1, 0.15) is 5.67 Å². The predicted molar refractivity (Wildman–Crippen MR) is 102 cm³/mol. The maximum absolute atomic E-state index is 16.4. The number of hydrogen-bond donors (Lipinski definition) is 3. The van der Waals surface area contributed by atoms with Gasteiger partial charge >= 0.3 is 0 Å². The van der Waals surface area contributed by atoms with Gasteiger partial charge in [0.25, 0.3) is 0 Å². The molecule has 9 atom stereocenters. The molecule has 0 spiro atoms. The average Bonchev–Trinajstić information content (AvgIpc) is 2.99. The summed E-state index contributed by atoms with van der Waals surface area (Å²) < 4.78 is 21.7. The highest BCUT2D eigenvalue weighted by Gasteiger charge is 2.63. The van der Waals surface area contributed by atoms with E-state index in [1.54, 1.807) is 7.11 Å². The van der Waals surface area contributed by atoms with Gasteiger partial charge in [0, 0.05) is 13.2 Å². The van der Waals surface area contributed by atoms with E-state index in [-0.39, 0.29) is 23.3 Å². The van der Waals surface area contributed by atoms with E-state index in [9.17, 15) is 10.3 Å². The molecule has 0 aromatic heterocycles. The standard InChI is InChI=1S/C22H38FNO3/c1-14(24-26)17-6-7-18-16-5-4-15-12-21(25,13-27-3)10-11-22(15,23)19(16)8-9-20(17,18)2/h14-19,24-26H,4-13H2,1-3H3/t14-,15-,16+,17?,18?,19?,20-,21-,22-/m1/s1. The topological polar surface area (TPSA) is 61.7 Å². The van der Waals surface area contributed by atoms with Crippen molar-refractivity contribution in [1.82, 2.24) is 5.48 Å². The first-order chi connectivity index (χ1) is 12.8. The van der Waals surface area contributed by atoms with Crippen molar-refractivity contribution in [3.05, 3.63) is 0 Å². The number of halogens is 1. The second-order valence-electron chi connectivity index (χ2n) is 10.6. The summed E-state index contributed by atoms with van der Waals surface area (Å²) in [5.74, 6) is 1.64. The number of alkyl halides is 1. The summed E-state index contributed by atoms with van der Waals surface area (Å²) in [6, 6.07) is 0.103. The van der Waals surface area contributed by atoms with Gasteiger partial charge < -0.3 is 15.1 Å². The normalized spacial score (nSPS) is 53.3. The Bertz CT molecular complexity index is 562. The van der Waals surface area contributed by atoms with Crippen molar-refractivity contribution < 1.29 is 19.4 Å². The summed E-state index contributed by atoms with van der Waals surface area (Å²) >= 11 is 0. The molecule has 3 N–H and O–H groups in total. The minimum Gasteiger partial charge on any atom is -0.387 e. The molecule has 4 aliphatic carbocycles. The zero-order valence-corrected chi connectivity index (χ0v) is 17.2. The Morgan fingerprint density at radius 3 is 2.59 bits per heavy atom. The number of aliphatic hydroxyl groups is 1. The van der Waals surface area contributed by atoms with Crippen molar-refractivity contribution in [2.45, 2.75) is 88.9 Å². The highest BCUT2D eigenvalue weighted by Crippen LogP contribution is 2.66. The molecule has 0 bridgehead atoms. The second-order valence-corrected chi connectivity index (χ2v) is 10.6. The number of ether oxygens (including phenoxy) is 1. The van der Waals surface area contributed by atoms with Crippen molar-refractivity contribution in [3.8, 4) is 0 Å². The molecule has 0 aliphatic heterocycles. The van der Waals surface area contributed by atoms with Gasteiger partial charge in [-0.3, -0.25) is 0 Å². The Labute approximate surface area is 163 Å². The van der Waals surface area contributed by atoms with Gasteiger partial charge in [-0.15, -0.1) is 0 Å². The van der Waals surface area contributed by atoms with E-state index in [0.717, 1.165) is 32.1 Å². The van der Waals surface area contributed by atoms with Crippen LogP contribution in [0.1, 0.15) is 71.6 Å². The number of fused-ring (bicyclic) bond motifs is 5. The Morgan fingerprint density at radius 1 is 1.11 bits per heavy atom. The van der Waals surface area contributed by atoms with Crippen LogP contribution in [0, 0.1) is 35.0 Å². The average molecular weight is 384 g/mol. The fourth-order valence-electron chi connectivity index (χ4n) is 8.22. The maximum Gasteiger partial charge on any atom is 0.117 e. The predicted octanol–water partition coefficient (Wildman–Crippen LogP) is 4.09. The number of hydroxylamine groups is 1. The molecule has 0 heterocycles. The zero-order chi connectivity index (χ0) is 19.4. The maximum atomic E-state index is 16.4. The van der Waals surface area contributed by atoms with E-state index in [1.165, 1.54) is 6.42 Å². The van der Waals surface area contributed by atoms with Crippen LogP contribution in [0.25, 0.3) is 0 Å². The minimum absolute atomic E-state index is 0.0211. The van der Waals surface area contributed by atoms with Crippen LogP contribution in [0.5, 0.6) is 0 Å². The summed E-state index contributed by atoms with van der Waals surface area (Å²) in [6.45, 7) is 4.80. The van der Waals surface area contributed by atoms with Crippen LogP contribution in [0.15, 0.2) is 0 Å². The summed E-state index contributed by atoms with van der Waals surface area (Å²) in [4.78, 5) is 0. The molecule has 27 heavy (non-hydrogen) atoms. The molecule has 0 saturated heterocycles. The van der Waals surface area contributed by atoms with Crippen molar-refractivity contribution >= 4 is 0 Å². The molecular formula is C22H38FNO3. The Hall–Kier alpha value is -0.230. The lowest BCUT2D eigenvalue weighted by Gasteiger charge is -2.59. The summed E-state index contributed by atoms with van der Waals surface area (Å²) in [6.07, 6.45) is 7.88. The van der Waals surface area contributed by atoms with Crippen LogP contribution >= 0.6 is 0 Å². The molecule has 4 saturated carbocycles. The number of nitrogens with one attached hydrogen (secondary N) is 1. The quantitative estimate of drug-likeness (QED) is 0.640. The molecular weight excluding hydrogens is 345 g/mol. The molecule has 3 unspecified atom stereocenters. The molecule has 0 aromatic rings. The molecule has 0 aromatic carbocycles. The first-order valence-corrected chi connectivity index (χ1v) is 11.1. The van der Waals surface area contributed by atoms with Gasteiger partial charge in [-0.1, -0.05) is 6.92 Å². The van der Waals surface area contributed by atoms with Gasteiger partial charge in [0.15, 0.2) is 0 Å². The van der Waals surface area contributed by atoms with Crippen molar-refractivity contribution in [3.63, 3.8) is 0 Å². The van der Waals surface area contributed by atoms with E-state index >= 15 is 4.39 Å². The molecule has 0 amide bonds. The van der Waals surface area contributed by atoms with Gasteiger partial charge in [-0.05, 0) is 99.7 Å². The molecule has 4 nitrogen and oxygen atoms in total. The molecule has 5 heteroatoms. The van der Waals surface area contributed by atoms with Gasteiger partial charge in [-0.2, -0.15) is 0 Å². The van der Waals surface area contributed by atoms with Crippen LogP contribution in [0.3, 0.4) is 0 Å². The number of hydrogen-bond acceptors (Lipinski definition) is 4. The third-order valence-electron chi connectivity index (χ3n) is 9.47. The van der Waals surface area contributed by atoms with Crippen LogP contribution in [-0.2, 0) is 4.74 Å². The first-order valence-electron chi connectivity index (χ1n) is 11.1. The molecule has 4 aliphatic rings. The zero-order valence-electron chi connectivity index (χ0n) is 17.2. The van der Waals surface area contributed by atoms with Crippen LogP contribution in [-0.4, -0.2) is 41.3 Å². The molecule has 4 rings (SSSR count). The Kier molecular flexibility index (Phi) is 5.15.